The molecule has 0 fully saturated rings. The third-order valence-electron chi connectivity index (χ3n) is 3.06. The molecule has 1 N–H and O–H groups in total. The van der Waals surface area contributed by atoms with Gasteiger partial charge in [0.05, 0.1) is 0 Å². The molecule has 2 heterocycles. The zero-order chi connectivity index (χ0) is 13.5. The molecule has 2 aromatic rings. The Morgan fingerprint density at radius 3 is 3.16 bits per heavy atom. The first-order valence-corrected chi connectivity index (χ1v) is 7.52. The minimum atomic E-state index is 0.405. The van der Waals surface area contributed by atoms with Crippen molar-refractivity contribution in [1.82, 2.24) is 9.55 Å². The summed E-state index contributed by atoms with van der Waals surface area (Å²) in [5.74, 6) is 0.943. The highest BCUT2D eigenvalue weighted by molar-refractivity contribution is 7.07. The standard InChI is InChI=1S/C14H21N3OS/c1-12(10-13-4-9-19-11-13)17-7-6-16-14(17)15-5-3-8-18-2/h4,6-7,9,11-12H,3,5,8,10H2,1-2H3,(H,15,16). The number of ether oxygens (including phenoxy) is 1. The van der Waals surface area contributed by atoms with E-state index in [1.807, 2.05) is 12.4 Å². The van der Waals surface area contributed by atoms with Crippen LogP contribution in [-0.2, 0) is 11.2 Å². The molecule has 0 aliphatic heterocycles. The van der Waals surface area contributed by atoms with Gasteiger partial charge in [0.25, 0.3) is 0 Å². The predicted octanol–water partition coefficient (Wildman–Crippen LogP) is 3.20. The number of thiophene rings is 1. The van der Waals surface area contributed by atoms with Gasteiger partial charge in [0.2, 0.25) is 5.95 Å². The third-order valence-corrected chi connectivity index (χ3v) is 3.80. The Hall–Kier alpha value is -1.33. The van der Waals surface area contributed by atoms with Crippen molar-refractivity contribution in [3.05, 3.63) is 34.8 Å². The van der Waals surface area contributed by atoms with E-state index in [0.717, 1.165) is 31.9 Å². The van der Waals surface area contributed by atoms with Gasteiger partial charge >= 0.3 is 0 Å². The van der Waals surface area contributed by atoms with Crippen molar-refractivity contribution in [3.63, 3.8) is 0 Å². The number of nitrogens with one attached hydrogen (secondary N) is 1. The smallest absolute Gasteiger partial charge is 0.203 e. The molecule has 0 radical (unpaired) electrons. The number of rotatable bonds is 8. The molecule has 104 valence electrons. The topological polar surface area (TPSA) is 39.1 Å². The van der Waals surface area contributed by atoms with Gasteiger partial charge in [0.15, 0.2) is 0 Å². The van der Waals surface area contributed by atoms with Crippen LogP contribution in [0.4, 0.5) is 5.95 Å². The molecule has 0 aromatic carbocycles. The molecule has 4 nitrogen and oxygen atoms in total. The molecule has 5 heteroatoms. The highest BCUT2D eigenvalue weighted by Crippen LogP contribution is 2.19. The van der Waals surface area contributed by atoms with Gasteiger partial charge in [-0.2, -0.15) is 11.3 Å². The number of nitrogens with zero attached hydrogens (tertiary/aromatic N) is 2. The van der Waals surface area contributed by atoms with Gasteiger partial charge in [-0.05, 0) is 42.2 Å². The first-order chi connectivity index (χ1) is 9.31. The van der Waals surface area contributed by atoms with Gasteiger partial charge in [-0.3, -0.25) is 0 Å². The Morgan fingerprint density at radius 2 is 2.42 bits per heavy atom. The highest BCUT2D eigenvalue weighted by Gasteiger charge is 2.10. The Kier molecular flexibility index (Phi) is 5.42. The predicted molar refractivity (Wildman–Crippen MR) is 79.9 cm³/mol. The summed E-state index contributed by atoms with van der Waals surface area (Å²) in [6.07, 6.45) is 5.91. The van der Waals surface area contributed by atoms with E-state index >= 15 is 0 Å². The summed E-state index contributed by atoms with van der Waals surface area (Å²) in [5.41, 5.74) is 1.39. The average Bonchev–Trinajstić information content (AvgIpc) is 3.05. The van der Waals surface area contributed by atoms with E-state index in [2.05, 4.69) is 38.6 Å². The van der Waals surface area contributed by atoms with Crippen LogP contribution in [0.3, 0.4) is 0 Å². The number of anilines is 1. The van der Waals surface area contributed by atoms with Gasteiger partial charge in [-0.25, -0.2) is 4.98 Å². The Bertz CT molecular complexity index is 467. The van der Waals surface area contributed by atoms with E-state index < -0.39 is 0 Å². The molecule has 0 saturated heterocycles. The Morgan fingerprint density at radius 1 is 1.53 bits per heavy atom. The molecule has 0 saturated carbocycles. The SMILES string of the molecule is COCCCNc1nccn1C(C)Cc1ccsc1. The van der Waals surface area contributed by atoms with Crippen molar-refractivity contribution in [1.29, 1.82) is 0 Å². The fraction of sp³-hybridized carbons (Fsp3) is 0.500. The Balaban J connectivity index is 1.90. The van der Waals surface area contributed by atoms with E-state index in [1.54, 1.807) is 18.4 Å². The average molecular weight is 279 g/mol. The highest BCUT2D eigenvalue weighted by atomic mass is 32.1. The second-order valence-corrected chi connectivity index (χ2v) is 5.40. The van der Waals surface area contributed by atoms with Crippen molar-refractivity contribution in [2.24, 2.45) is 0 Å². The number of imidazole rings is 1. The van der Waals surface area contributed by atoms with Crippen molar-refractivity contribution in [2.75, 3.05) is 25.6 Å². The van der Waals surface area contributed by atoms with Gasteiger partial charge < -0.3 is 14.6 Å². The fourth-order valence-corrected chi connectivity index (χ4v) is 2.75. The lowest BCUT2D eigenvalue weighted by Gasteiger charge is -2.16. The third kappa shape index (κ3) is 4.08. The molecule has 0 spiro atoms. The molecule has 0 aliphatic carbocycles. The first kappa shape index (κ1) is 14.1. The lowest BCUT2D eigenvalue weighted by Crippen LogP contribution is -2.14. The minimum Gasteiger partial charge on any atom is -0.385 e. The summed E-state index contributed by atoms with van der Waals surface area (Å²) in [6.45, 7) is 3.88. The van der Waals surface area contributed by atoms with Gasteiger partial charge in [-0.15, -0.1) is 0 Å². The number of hydrogen-bond acceptors (Lipinski definition) is 4. The summed E-state index contributed by atoms with van der Waals surface area (Å²) >= 11 is 1.75. The van der Waals surface area contributed by atoms with Crippen molar-refractivity contribution in [3.8, 4) is 0 Å². The molecule has 2 aromatic heterocycles. The van der Waals surface area contributed by atoms with Crippen LogP contribution in [0.1, 0.15) is 24.9 Å². The summed E-state index contributed by atoms with van der Waals surface area (Å²) in [6, 6.07) is 2.59. The lowest BCUT2D eigenvalue weighted by atomic mass is 10.1. The van der Waals surface area contributed by atoms with Gasteiger partial charge in [0, 0.05) is 38.7 Å². The second kappa shape index (κ2) is 7.31. The quantitative estimate of drug-likeness (QED) is 0.754. The van der Waals surface area contributed by atoms with E-state index in [0.29, 0.717) is 6.04 Å². The zero-order valence-electron chi connectivity index (χ0n) is 11.5. The summed E-state index contributed by atoms with van der Waals surface area (Å²) in [5, 5.41) is 7.70. The maximum Gasteiger partial charge on any atom is 0.203 e. The monoisotopic (exact) mass is 279 g/mol. The lowest BCUT2D eigenvalue weighted by molar-refractivity contribution is 0.197. The van der Waals surface area contributed by atoms with Crippen LogP contribution in [0.25, 0.3) is 0 Å². The molecule has 1 atom stereocenters. The number of methoxy groups -OCH3 is 1. The van der Waals surface area contributed by atoms with E-state index in [9.17, 15) is 0 Å². The molecular weight excluding hydrogens is 258 g/mol. The molecule has 0 bridgehead atoms. The largest absolute Gasteiger partial charge is 0.385 e. The number of aromatic nitrogens is 2. The fourth-order valence-electron chi connectivity index (χ4n) is 2.07. The van der Waals surface area contributed by atoms with E-state index in [-0.39, 0.29) is 0 Å². The van der Waals surface area contributed by atoms with Crippen LogP contribution in [0, 0.1) is 0 Å². The van der Waals surface area contributed by atoms with Crippen LogP contribution in [0.15, 0.2) is 29.2 Å². The second-order valence-electron chi connectivity index (χ2n) is 4.62. The summed E-state index contributed by atoms with van der Waals surface area (Å²) in [4.78, 5) is 4.38. The van der Waals surface area contributed by atoms with Crippen LogP contribution < -0.4 is 5.32 Å². The molecule has 19 heavy (non-hydrogen) atoms. The van der Waals surface area contributed by atoms with Crippen molar-refractivity contribution < 1.29 is 4.74 Å². The van der Waals surface area contributed by atoms with Crippen LogP contribution in [0.5, 0.6) is 0 Å². The molecule has 0 amide bonds. The molecular formula is C14H21N3OS. The van der Waals surface area contributed by atoms with Crippen molar-refractivity contribution >= 4 is 17.3 Å². The minimum absolute atomic E-state index is 0.405. The van der Waals surface area contributed by atoms with Crippen molar-refractivity contribution in [2.45, 2.75) is 25.8 Å². The molecule has 2 rings (SSSR count). The maximum atomic E-state index is 5.04. The van der Waals surface area contributed by atoms with Crippen LogP contribution >= 0.6 is 11.3 Å². The first-order valence-electron chi connectivity index (χ1n) is 6.58. The number of hydrogen-bond donors (Lipinski definition) is 1. The molecule has 0 aliphatic rings. The summed E-state index contributed by atoms with van der Waals surface area (Å²) < 4.78 is 7.24. The van der Waals surface area contributed by atoms with E-state index in [1.165, 1.54) is 5.56 Å². The van der Waals surface area contributed by atoms with E-state index in [4.69, 9.17) is 4.74 Å². The maximum absolute atomic E-state index is 5.04. The van der Waals surface area contributed by atoms with Gasteiger partial charge in [-0.1, -0.05) is 0 Å². The van der Waals surface area contributed by atoms with Crippen LogP contribution in [0.2, 0.25) is 0 Å². The molecule has 1 unspecified atom stereocenters. The Labute approximate surface area is 118 Å². The van der Waals surface area contributed by atoms with Crippen LogP contribution in [-0.4, -0.2) is 29.8 Å². The van der Waals surface area contributed by atoms with Gasteiger partial charge in [0.1, 0.15) is 0 Å². The summed E-state index contributed by atoms with van der Waals surface area (Å²) in [7, 11) is 1.73. The normalized spacial score (nSPS) is 12.5. The zero-order valence-corrected chi connectivity index (χ0v) is 12.3.